The highest BCUT2D eigenvalue weighted by Gasteiger charge is 2.19. The molecule has 0 saturated heterocycles. The summed E-state index contributed by atoms with van der Waals surface area (Å²) in [6.07, 6.45) is 11.4. The standard InChI is InChI=1S/C46H50N6O2S2/c53-41-30-40(50-28-12-4-2-10-26-48-32-34-19-23-36(24-20-34)46-52-38-14-6-8-16-44(38)56-46)42(54)29-39(41)49-27-11-3-1-9-25-47-31-33-17-21-35(22-18-33)45-51-37-13-5-7-15-43(37)55-45/h5-8,13-24,29-30,47-50H,1-4,9-12,25-28,31-32H2. The highest BCUT2D eigenvalue weighted by molar-refractivity contribution is 7.22. The van der Waals surface area contributed by atoms with Crippen molar-refractivity contribution in [3.8, 4) is 21.1 Å². The zero-order valence-corrected chi connectivity index (χ0v) is 33.5. The summed E-state index contributed by atoms with van der Waals surface area (Å²) in [6.45, 7) is 4.99. The topological polar surface area (TPSA) is 108 Å². The molecule has 0 bridgehead atoms. The first-order chi connectivity index (χ1) is 27.6. The summed E-state index contributed by atoms with van der Waals surface area (Å²) in [4.78, 5) is 34.9. The fourth-order valence-corrected chi connectivity index (χ4v) is 8.67. The molecule has 0 saturated carbocycles. The van der Waals surface area contributed by atoms with Gasteiger partial charge in [-0.2, -0.15) is 0 Å². The Labute approximate surface area is 337 Å². The molecule has 0 spiro atoms. The molecule has 0 unspecified atom stereocenters. The number of aromatic nitrogens is 2. The number of para-hydroxylation sites is 2. The van der Waals surface area contributed by atoms with E-state index in [2.05, 4.69) is 106 Å². The lowest BCUT2D eigenvalue weighted by molar-refractivity contribution is -0.115. The van der Waals surface area contributed by atoms with Gasteiger partial charge in [0.1, 0.15) is 10.0 Å². The predicted octanol–water partition coefficient (Wildman–Crippen LogP) is 9.34. The van der Waals surface area contributed by atoms with Crippen LogP contribution in [0.1, 0.15) is 62.5 Å². The number of unbranched alkanes of at least 4 members (excludes halogenated alkanes) is 6. The molecule has 8 nitrogen and oxygen atoms in total. The van der Waals surface area contributed by atoms with Crippen molar-refractivity contribution < 1.29 is 9.59 Å². The van der Waals surface area contributed by atoms with E-state index in [0.717, 1.165) is 110 Å². The summed E-state index contributed by atoms with van der Waals surface area (Å²) >= 11 is 3.46. The van der Waals surface area contributed by atoms with Crippen LogP contribution in [0.5, 0.6) is 0 Å². The number of nitrogens with zero attached hydrogens (tertiary/aromatic N) is 2. The monoisotopic (exact) mass is 782 g/mol. The van der Waals surface area contributed by atoms with Crippen molar-refractivity contribution >= 4 is 54.7 Å². The third-order valence-corrected chi connectivity index (χ3v) is 12.1. The summed E-state index contributed by atoms with van der Waals surface area (Å²) in [5.41, 5.74) is 7.74. The van der Waals surface area contributed by atoms with Gasteiger partial charge in [0, 0.05) is 49.5 Å². The Kier molecular flexibility index (Phi) is 14.2. The minimum Gasteiger partial charge on any atom is -0.382 e. The molecule has 1 aliphatic carbocycles. The zero-order valence-electron chi connectivity index (χ0n) is 31.8. The number of hydrogen-bond acceptors (Lipinski definition) is 10. The molecule has 4 N–H and O–H groups in total. The van der Waals surface area contributed by atoms with Gasteiger partial charge >= 0.3 is 0 Å². The molecule has 1 aliphatic rings. The number of carbonyl (C=O) groups is 2. The molecule has 7 rings (SSSR count). The summed E-state index contributed by atoms with van der Waals surface area (Å²) in [5.74, 6) is -0.274. The zero-order chi connectivity index (χ0) is 38.4. The van der Waals surface area contributed by atoms with E-state index in [1.54, 1.807) is 22.7 Å². The number of nitrogens with one attached hydrogen (secondary N) is 4. The molecule has 0 aliphatic heterocycles. The van der Waals surface area contributed by atoms with Gasteiger partial charge < -0.3 is 21.3 Å². The number of thiazole rings is 2. The molecule has 0 fully saturated rings. The summed E-state index contributed by atoms with van der Waals surface area (Å²) < 4.78 is 2.43. The van der Waals surface area contributed by atoms with Gasteiger partial charge in [0.05, 0.1) is 31.8 Å². The molecule has 56 heavy (non-hydrogen) atoms. The van der Waals surface area contributed by atoms with Crippen LogP contribution >= 0.6 is 22.7 Å². The number of rotatable bonds is 22. The van der Waals surface area contributed by atoms with Crippen molar-refractivity contribution in [2.24, 2.45) is 0 Å². The van der Waals surface area contributed by atoms with Gasteiger partial charge in [-0.25, -0.2) is 9.97 Å². The summed E-state index contributed by atoms with van der Waals surface area (Å²) in [6, 6.07) is 33.9. The second-order valence-electron chi connectivity index (χ2n) is 14.2. The molecule has 6 aromatic rings. The van der Waals surface area contributed by atoms with Crippen molar-refractivity contribution in [2.75, 3.05) is 26.2 Å². The van der Waals surface area contributed by atoms with E-state index >= 15 is 0 Å². The largest absolute Gasteiger partial charge is 0.382 e. The van der Waals surface area contributed by atoms with Gasteiger partial charge in [0.15, 0.2) is 0 Å². The van der Waals surface area contributed by atoms with Crippen LogP contribution in [0.2, 0.25) is 0 Å². The Morgan fingerprint density at radius 1 is 0.446 bits per heavy atom. The van der Waals surface area contributed by atoms with Crippen LogP contribution in [-0.4, -0.2) is 47.7 Å². The van der Waals surface area contributed by atoms with Gasteiger partial charge in [0.25, 0.3) is 0 Å². The normalized spacial score (nSPS) is 13.0. The molecule has 4 aromatic carbocycles. The number of benzene rings is 4. The lowest BCUT2D eigenvalue weighted by atomic mass is 10.1. The van der Waals surface area contributed by atoms with E-state index in [-0.39, 0.29) is 11.6 Å². The molecule has 288 valence electrons. The fourth-order valence-electron chi connectivity index (χ4n) is 6.73. The van der Waals surface area contributed by atoms with Crippen LogP contribution < -0.4 is 21.3 Å². The maximum atomic E-state index is 12.7. The van der Waals surface area contributed by atoms with E-state index in [0.29, 0.717) is 24.5 Å². The lowest BCUT2D eigenvalue weighted by Crippen LogP contribution is -2.30. The fraction of sp³-hybridized carbons (Fsp3) is 0.304. The van der Waals surface area contributed by atoms with Crippen LogP contribution in [-0.2, 0) is 22.7 Å². The van der Waals surface area contributed by atoms with E-state index in [1.807, 2.05) is 12.1 Å². The quantitative estimate of drug-likeness (QED) is 0.0399. The smallest absolute Gasteiger partial charge is 0.203 e. The van der Waals surface area contributed by atoms with Crippen molar-refractivity contribution in [1.29, 1.82) is 0 Å². The maximum absolute atomic E-state index is 12.7. The van der Waals surface area contributed by atoms with Crippen LogP contribution in [0.4, 0.5) is 0 Å². The van der Waals surface area contributed by atoms with Gasteiger partial charge in [-0.1, -0.05) is 98.5 Å². The predicted molar refractivity (Wildman–Crippen MR) is 233 cm³/mol. The van der Waals surface area contributed by atoms with Gasteiger partial charge in [-0.3, -0.25) is 9.59 Å². The first-order valence-corrected chi connectivity index (χ1v) is 21.5. The van der Waals surface area contributed by atoms with Crippen LogP contribution in [0, 0.1) is 0 Å². The average Bonchev–Trinajstić information content (AvgIpc) is 3.87. The number of hydrogen-bond donors (Lipinski definition) is 4. The lowest BCUT2D eigenvalue weighted by Gasteiger charge is -2.15. The van der Waals surface area contributed by atoms with Crippen LogP contribution in [0.15, 0.2) is 121 Å². The molecular weight excluding hydrogens is 733 g/mol. The highest BCUT2D eigenvalue weighted by Crippen LogP contribution is 2.31. The van der Waals surface area contributed by atoms with Crippen LogP contribution in [0.3, 0.4) is 0 Å². The van der Waals surface area contributed by atoms with Crippen molar-refractivity contribution in [1.82, 2.24) is 31.2 Å². The van der Waals surface area contributed by atoms with Crippen molar-refractivity contribution in [3.63, 3.8) is 0 Å². The second kappa shape index (κ2) is 20.2. The minimum absolute atomic E-state index is 0.137. The second-order valence-corrected chi connectivity index (χ2v) is 16.3. The third kappa shape index (κ3) is 11.1. The SMILES string of the molecule is O=C1C=C(NCCCCCCNCc2ccc(-c3nc4ccccc4s3)cc2)C(=O)C=C1NCCCCCCNCc1ccc(-c2nc3ccccc3s2)cc1. The molecular formula is C46H50N6O2S2. The first-order valence-electron chi connectivity index (χ1n) is 19.9. The van der Waals surface area contributed by atoms with E-state index in [4.69, 9.17) is 9.97 Å². The Morgan fingerprint density at radius 2 is 0.839 bits per heavy atom. The molecule has 2 heterocycles. The average molecular weight is 783 g/mol. The summed E-state index contributed by atoms with van der Waals surface area (Å²) in [5, 5.41) is 15.6. The van der Waals surface area contributed by atoms with Gasteiger partial charge in [0.2, 0.25) is 11.6 Å². The van der Waals surface area contributed by atoms with Crippen LogP contribution in [0.25, 0.3) is 41.6 Å². The maximum Gasteiger partial charge on any atom is 0.203 e. The number of fused-ring (bicyclic) bond motifs is 2. The number of allylic oxidation sites excluding steroid dienone is 2. The van der Waals surface area contributed by atoms with Crippen molar-refractivity contribution in [2.45, 2.75) is 64.5 Å². The molecule has 2 aromatic heterocycles. The van der Waals surface area contributed by atoms with Gasteiger partial charge in [-0.05, 0) is 74.2 Å². The Morgan fingerprint density at radius 3 is 1.25 bits per heavy atom. The van der Waals surface area contributed by atoms with Crippen molar-refractivity contribution in [3.05, 3.63) is 132 Å². The summed E-state index contributed by atoms with van der Waals surface area (Å²) in [7, 11) is 0. The first kappa shape index (κ1) is 39.2. The molecule has 10 heteroatoms. The third-order valence-electron chi connectivity index (χ3n) is 9.92. The Bertz CT molecular complexity index is 2050. The van der Waals surface area contributed by atoms with Gasteiger partial charge in [-0.15, -0.1) is 22.7 Å². The molecule has 0 radical (unpaired) electrons. The number of ketones is 2. The van der Waals surface area contributed by atoms with E-state index in [9.17, 15) is 9.59 Å². The van der Waals surface area contributed by atoms with E-state index in [1.165, 1.54) is 32.7 Å². The molecule has 0 atom stereocenters. The Balaban J connectivity index is 0.678. The Hall–Kier alpha value is -5.00. The molecule has 0 amide bonds. The minimum atomic E-state index is -0.137. The number of carbonyl (C=O) groups excluding carboxylic acids is 2. The van der Waals surface area contributed by atoms with E-state index < -0.39 is 0 Å². The highest BCUT2D eigenvalue weighted by atomic mass is 32.1.